The molecule has 0 radical (unpaired) electrons. The first-order chi connectivity index (χ1) is 17.4. The van der Waals surface area contributed by atoms with Crippen LogP contribution in [0, 0.1) is 5.41 Å². The number of imidazole rings is 1. The normalized spacial score (nSPS) is 17.1. The van der Waals surface area contributed by atoms with Crippen LogP contribution in [0.5, 0.6) is 23.0 Å². The summed E-state index contributed by atoms with van der Waals surface area (Å²) in [5.41, 5.74) is 3.82. The lowest BCUT2D eigenvalue weighted by Gasteiger charge is -2.10. The molecule has 0 unspecified atom stereocenters. The Kier molecular flexibility index (Phi) is 5.06. The Morgan fingerprint density at radius 1 is 0.861 bits per heavy atom. The number of nitrogens with one attached hydrogen (secondary N) is 1. The van der Waals surface area contributed by atoms with Crippen molar-refractivity contribution < 1.29 is 23.7 Å². The van der Waals surface area contributed by atoms with E-state index >= 15 is 0 Å². The van der Waals surface area contributed by atoms with Gasteiger partial charge in [0.1, 0.15) is 0 Å². The molecule has 0 spiro atoms. The number of carbonyl (C=O) groups excluding carboxylic acids is 1. The highest BCUT2D eigenvalue weighted by molar-refractivity contribution is 6.47. The number of benzene rings is 2. The molecule has 11 heteroatoms. The summed E-state index contributed by atoms with van der Waals surface area (Å²) in [5, 5.41) is 8.09. The van der Waals surface area contributed by atoms with Crippen LogP contribution in [-0.4, -0.2) is 64.7 Å². The zero-order valence-electron chi connectivity index (χ0n) is 20.1. The van der Waals surface area contributed by atoms with Gasteiger partial charge in [-0.15, -0.1) is 0 Å². The van der Waals surface area contributed by atoms with Gasteiger partial charge in [-0.25, -0.2) is 4.98 Å². The van der Waals surface area contributed by atoms with Gasteiger partial charge in [0.2, 0.25) is 31.3 Å². The van der Waals surface area contributed by atoms with Crippen LogP contribution in [0.1, 0.15) is 22.5 Å². The van der Waals surface area contributed by atoms with E-state index in [0.29, 0.717) is 30.3 Å². The van der Waals surface area contributed by atoms with E-state index < -0.39 is 0 Å². The Balaban J connectivity index is 1.39. The molecule has 0 bridgehead atoms. The van der Waals surface area contributed by atoms with E-state index in [-0.39, 0.29) is 31.3 Å². The summed E-state index contributed by atoms with van der Waals surface area (Å²) in [5.74, 6) is 3.13. The topological polar surface area (TPSA) is 114 Å². The number of aromatic nitrogens is 2. The van der Waals surface area contributed by atoms with Crippen LogP contribution in [-0.2, 0) is 24.7 Å². The number of fused-ring (bicyclic) bond motifs is 2. The van der Waals surface area contributed by atoms with Crippen LogP contribution < -0.4 is 18.9 Å². The van der Waals surface area contributed by atoms with Crippen molar-refractivity contribution in [2.45, 2.75) is 12.8 Å². The Labute approximate surface area is 207 Å². The fraction of sp³-hybridized carbons (Fsp3) is 0.280. The Morgan fingerprint density at radius 2 is 1.44 bits per heavy atom. The summed E-state index contributed by atoms with van der Waals surface area (Å²) in [4.78, 5) is 24.8. The largest absolute Gasteiger partial charge is 0.454 e. The highest BCUT2D eigenvalue weighted by Gasteiger charge is 2.35. The molecule has 0 aliphatic carbocycles. The van der Waals surface area contributed by atoms with Gasteiger partial charge in [-0.05, 0) is 35.4 Å². The summed E-state index contributed by atoms with van der Waals surface area (Å²) in [7, 11) is 5.08. The molecule has 4 heterocycles. The van der Waals surface area contributed by atoms with Crippen LogP contribution in [0.3, 0.4) is 0 Å². The van der Waals surface area contributed by atoms with E-state index in [2.05, 4.69) is 4.99 Å². The minimum Gasteiger partial charge on any atom is -0.454 e. The third kappa shape index (κ3) is 3.60. The van der Waals surface area contributed by atoms with E-state index in [9.17, 15) is 4.79 Å². The number of nitrogens with zero attached hydrogens (tertiary/aromatic N) is 5. The molecule has 3 aliphatic rings. The fourth-order valence-electron chi connectivity index (χ4n) is 4.46. The van der Waals surface area contributed by atoms with Gasteiger partial charge < -0.3 is 23.5 Å². The molecule has 1 N–H and O–H groups in total. The predicted octanol–water partition coefficient (Wildman–Crippen LogP) is 2.43. The standard InChI is InChI=1S/C25H24N6O5/c1-29-17(9-15-5-7-19-21(11-15)36-13-34-19)16(8-14-4-6-18-20(10-14)35-12-33-18)27-25(29)28-22-23(32)31(3)24(26)30(22)2/h4-7,10-11,26H,8-9,12-13H2,1-3H3/b26-24?,28-22-. The average Bonchev–Trinajstić information content (AvgIpc) is 3.63. The number of rotatable bonds is 5. The highest BCUT2D eigenvalue weighted by atomic mass is 16.7. The number of aliphatic imine (C=N–C) groups is 1. The van der Waals surface area contributed by atoms with E-state index in [1.165, 1.54) is 9.80 Å². The molecular formula is C25H24N6O5. The van der Waals surface area contributed by atoms with Crippen LogP contribution >= 0.6 is 0 Å². The average molecular weight is 489 g/mol. The number of amidine groups is 1. The molecule has 1 saturated heterocycles. The second-order valence-corrected chi connectivity index (χ2v) is 8.78. The van der Waals surface area contributed by atoms with E-state index in [4.69, 9.17) is 29.3 Å². The molecule has 3 aliphatic heterocycles. The van der Waals surface area contributed by atoms with Crippen molar-refractivity contribution in [1.29, 1.82) is 5.41 Å². The van der Waals surface area contributed by atoms with E-state index in [1.807, 2.05) is 48.0 Å². The summed E-state index contributed by atoms with van der Waals surface area (Å²) < 4.78 is 23.9. The van der Waals surface area contributed by atoms with Gasteiger partial charge in [-0.3, -0.25) is 20.0 Å². The first-order valence-electron chi connectivity index (χ1n) is 11.4. The molecule has 2 aromatic carbocycles. The SMILES string of the molecule is CN1C(=N)N(C)/C(=N\c2nc(Cc3ccc4c(c3)OCO4)c(Cc3ccc4c(c3)OCO4)n2C)C1=O. The monoisotopic (exact) mass is 488 g/mol. The molecule has 1 aromatic heterocycles. The van der Waals surface area contributed by atoms with Crippen LogP contribution in [0.2, 0.25) is 0 Å². The van der Waals surface area contributed by atoms with E-state index in [1.54, 1.807) is 14.1 Å². The summed E-state index contributed by atoms with van der Waals surface area (Å²) in [6, 6.07) is 11.7. The zero-order valence-corrected chi connectivity index (χ0v) is 20.1. The number of carbonyl (C=O) groups is 1. The molecule has 1 fully saturated rings. The minimum atomic E-state index is -0.347. The third-order valence-electron chi connectivity index (χ3n) is 6.54. The van der Waals surface area contributed by atoms with Gasteiger partial charge in [-0.2, -0.15) is 4.99 Å². The van der Waals surface area contributed by atoms with Crippen molar-refractivity contribution >= 4 is 23.7 Å². The number of guanidine groups is 1. The zero-order chi connectivity index (χ0) is 25.0. The van der Waals surface area contributed by atoms with Crippen LogP contribution in [0.25, 0.3) is 0 Å². The molecule has 11 nitrogen and oxygen atoms in total. The number of amides is 1. The lowest BCUT2D eigenvalue weighted by atomic mass is 10.0. The van der Waals surface area contributed by atoms with E-state index in [0.717, 1.165) is 34.0 Å². The summed E-state index contributed by atoms with van der Waals surface area (Å²) in [6.07, 6.45) is 1.11. The molecule has 6 rings (SSSR count). The maximum absolute atomic E-state index is 12.7. The van der Waals surface area contributed by atoms with Crippen molar-refractivity contribution in [3.8, 4) is 23.0 Å². The van der Waals surface area contributed by atoms with Gasteiger partial charge in [0.15, 0.2) is 23.0 Å². The maximum atomic E-state index is 12.7. The Bertz CT molecular complexity index is 1440. The summed E-state index contributed by atoms with van der Waals surface area (Å²) in [6.45, 7) is 0.427. The first-order valence-corrected chi connectivity index (χ1v) is 11.4. The van der Waals surface area contributed by atoms with Gasteiger partial charge in [0.05, 0.1) is 5.69 Å². The molecular weight excluding hydrogens is 464 g/mol. The molecule has 184 valence electrons. The molecule has 36 heavy (non-hydrogen) atoms. The number of hydrogen-bond donors (Lipinski definition) is 1. The minimum absolute atomic E-state index is 0.0640. The predicted molar refractivity (Wildman–Crippen MR) is 129 cm³/mol. The van der Waals surface area contributed by atoms with Gasteiger partial charge >= 0.3 is 0 Å². The second-order valence-electron chi connectivity index (χ2n) is 8.78. The van der Waals surface area contributed by atoms with Gasteiger partial charge in [0, 0.05) is 39.7 Å². The Morgan fingerprint density at radius 3 is 2.03 bits per heavy atom. The lowest BCUT2D eigenvalue weighted by Crippen LogP contribution is -2.28. The van der Waals surface area contributed by atoms with Crippen LogP contribution in [0.4, 0.5) is 5.95 Å². The molecule has 3 aromatic rings. The number of hydrogen-bond acceptors (Lipinski definition) is 8. The number of likely N-dealkylation sites (N-methyl/N-ethyl adjacent to an activating group) is 2. The third-order valence-corrected chi connectivity index (χ3v) is 6.54. The van der Waals surface area contributed by atoms with Crippen molar-refractivity contribution in [3.05, 3.63) is 58.9 Å². The van der Waals surface area contributed by atoms with Crippen molar-refractivity contribution in [1.82, 2.24) is 19.4 Å². The van der Waals surface area contributed by atoms with Gasteiger partial charge in [0.25, 0.3) is 5.91 Å². The quantitative estimate of drug-likeness (QED) is 0.587. The van der Waals surface area contributed by atoms with Gasteiger partial charge in [-0.1, -0.05) is 12.1 Å². The van der Waals surface area contributed by atoms with Crippen LogP contribution in [0.15, 0.2) is 41.4 Å². The first kappa shape index (κ1) is 22.0. The molecule has 0 saturated carbocycles. The lowest BCUT2D eigenvalue weighted by molar-refractivity contribution is -0.119. The molecule has 1 amide bonds. The second kappa shape index (κ2) is 8.29. The smallest absolute Gasteiger partial charge is 0.296 e. The fourth-order valence-corrected chi connectivity index (χ4v) is 4.46. The molecule has 0 atom stereocenters. The van der Waals surface area contributed by atoms with Crippen molar-refractivity contribution in [3.63, 3.8) is 0 Å². The Hall–Kier alpha value is -4.54. The van der Waals surface area contributed by atoms with Crippen molar-refractivity contribution in [2.75, 3.05) is 27.7 Å². The summed E-state index contributed by atoms with van der Waals surface area (Å²) >= 11 is 0. The maximum Gasteiger partial charge on any atom is 0.296 e. The highest BCUT2D eigenvalue weighted by Crippen LogP contribution is 2.35. The van der Waals surface area contributed by atoms with Crippen molar-refractivity contribution in [2.24, 2.45) is 12.0 Å². The number of ether oxygens (including phenoxy) is 4.